The van der Waals surface area contributed by atoms with Crippen molar-refractivity contribution in [1.29, 1.82) is 0 Å². The topological polar surface area (TPSA) is 109 Å². The quantitative estimate of drug-likeness (QED) is 0.401. The van der Waals surface area contributed by atoms with E-state index in [-0.39, 0.29) is 10.6 Å². The van der Waals surface area contributed by atoms with Crippen molar-refractivity contribution in [2.75, 3.05) is 4.72 Å². The zero-order chi connectivity index (χ0) is 24.1. The predicted molar refractivity (Wildman–Crippen MR) is 130 cm³/mol. The molecule has 0 saturated heterocycles. The molecule has 4 aromatic rings. The van der Waals surface area contributed by atoms with E-state index in [1.54, 1.807) is 48.7 Å². The number of aromatic nitrogens is 2. The van der Waals surface area contributed by atoms with Crippen molar-refractivity contribution in [3.05, 3.63) is 95.4 Å². The van der Waals surface area contributed by atoms with E-state index in [1.165, 1.54) is 12.3 Å². The number of hydrogen-bond acceptors (Lipinski definition) is 5. The van der Waals surface area contributed by atoms with Gasteiger partial charge >= 0.3 is 5.97 Å². The molecule has 0 aliphatic rings. The van der Waals surface area contributed by atoms with Crippen molar-refractivity contribution in [2.24, 2.45) is 0 Å². The lowest BCUT2D eigenvalue weighted by Crippen LogP contribution is -2.15. The van der Waals surface area contributed by atoms with Crippen LogP contribution in [0.4, 0.5) is 5.69 Å². The Bertz CT molecular complexity index is 1540. The molecule has 0 bridgehead atoms. The standard InChI is InChI=1S/C26H21N3O4S/c1-2-6-19-13-15-24(25-21(19)8-5-16-27-25)34(32,33)29-22-9-4-3-7-20(22)12-10-18-11-14-23(26(30)31)28-17-18/h3-5,7-9,11,13-17,29H,2,6H2,1H3,(H,30,31). The van der Waals surface area contributed by atoms with Gasteiger partial charge in [0.25, 0.3) is 10.0 Å². The third-order valence-electron chi connectivity index (χ3n) is 5.13. The summed E-state index contributed by atoms with van der Waals surface area (Å²) in [6.07, 6.45) is 4.71. The first-order valence-electron chi connectivity index (χ1n) is 10.6. The average Bonchev–Trinajstić information content (AvgIpc) is 2.84. The largest absolute Gasteiger partial charge is 0.477 e. The van der Waals surface area contributed by atoms with Crippen molar-refractivity contribution in [1.82, 2.24) is 9.97 Å². The number of rotatable bonds is 6. The maximum Gasteiger partial charge on any atom is 0.354 e. The highest BCUT2D eigenvalue weighted by atomic mass is 32.2. The number of aryl methyl sites for hydroxylation is 1. The molecule has 0 radical (unpaired) electrons. The van der Waals surface area contributed by atoms with Crippen LogP contribution in [0.2, 0.25) is 0 Å². The maximum absolute atomic E-state index is 13.3. The molecule has 0 saturated carbocycles. The van der Waals surface area contributed by atoms with Crippen molar-refractivity contribution < 1.29 is 18.3 Å². The number of benzene rings is 2. The lowest BCUT2D eigenvalue weighted by molar-refractivity contribution is 0.0690. The van der Waals surface area contributed by atoms with Gasteiger partial charge in [-0.1, -0.05) is 49.5 Å². The van der Waals surface area contributed by atoms with Gasteiger partial charge in [-0.25, -0.2) is 18.2 Å². The molecule has 2 aromatic heterocycles. The minimum Gasteiger partial charge on any atom is -0.477 e. The fourth-order valence-corrected chi connectivity index (χ4v) is 4.77. The van der Waals surface area contributed by atoms with Crippen LogP contribution < -0.4 is 4.72 Å². The van der Waals surface area contributed by atoms with Crippen molar-refractivity contribution in [3.8, 4) is 11.8 Å². The van der Waals surface area contributed by atoms with E-state index in [2.05, 4.69) is 33.5 Å². The van der Waals surface area contributed by atoms with Crippen LogP contribution in [-0.2, 0) is 16.4 Å². The van der Waals surface area contributed by atoms with E-state index in [0.29, 0.717) is 22.3 Å². The van der Waals surface area contributed by atoms with Gasteiger partial charge < -0.3 is 5.11 Å². The molecule has 0 spiro atoms. The van der Waals surface area contributed by atoms with Crippen molar-refractivity contribution in [2.45, 2.75) is 24.7 Å². The molecular formula is C26H21N3O4S. The van der Waals surface area contributed by atoms with E-state index in [0.717, 1.165) is 23.8 Å². The zero-order valence-corrected chi connectivity index (χ0v) is 19.1. The molecule has 0 unspecified atom stereocenters. The molecule has 0 aliphatic heterocycles. The van der Waals surface area contributed by atoms with Crippen LogP contribution in [0, 0.1) is 11.8 Å². The Labute approximate surface area is 197 Å². The molecule has 2 N–H and O–H groups in total. The molecule has 2 aromatic carbocycles. The van der Waals surface area contributed by atoms with Gasteiger partial charge in [0.15, 0.2) is 0 Å². The molecule has 0 amide bonds. The highest BCUT2D eigenvalue weighted by molar-refractivity contribution is 7.93. The molecule has 0 fully saturated rings. The number of fused-ring (bicyclic) bond motifs is 1. The molecule has 0 aliphatic carbocycles. The Hall–Kier alpha value is -4.22. The fourth-order valence-electron chi connectivity index (χ4n) is 3.52. The van der Waals surface area contributed by atoms with Gasteiger partial charge in [0.05, 0.1) is 11.2 Å². The highest BCUT2D eigenvalue weighted by Crippen LogP contribution is 2.27. The highest BCUT2D eigenvalue weighted by Gasteiger charge is 2.20. The average molecular weight is 472 g/mol. The summed E-state index contributed by atoms with van der Waals surface area (Å²) in [5, 5.41) is 9.78. The molecule has 7 nitrogen and oxygen atoms in total. The number of carboxylic acid groups (broad SMARTS) is 1. The number of aromatic carboxylic acids is 1. The van der Waals surface area contributed by atoms with Gasteiger partial charge in [-0.2, -0.15) is 0 Å². The number of hydrogen-bond donors (Lipinski definition) is 2. The first-order chi connectivity index (χ1) is 16.4. The lowest BCUT2D eigenvalue weighted by atomic mass is 10.0. The zero-order valence-electron chi connectivity index (χ0n) is 18.3. The second-order valence-electron chi connectivity index (χ2n) is 7.51. The summed E-state index contributed by atoms with van der Waals surface area (Å²) < 4.78 is 29.3. The Balaban J connectivity index is 1.68. The third-order valence-corrected chi connectivity index (χ3v) is 6.52. The SMILES string of the molecule is CCCc1ccc(S(=O)(=O)Nc2ccccc2C#Cc2ccc(C(=O)O)nc2)c2ncccc12. The van der Waals surface area contributed by atoms with Crippen LogP contribution in [-0.4, -0.2) is 29.5 Å². The van der Waals surface area contributed by atoms with E-state index in [4.69, 9.17) is 5.11 Å². The van der Waals surface area contributed by atoms with Gasteiger partial charge in [-0.3, -0.25) is 9.71 Å². The van der Waals surface area contributed by atoms with Gasteiger partial charge in [0.2, 0.25) is 0 Å². The summed E-state index contributed by atoms with van der Waals surface area (Å²) in [6, 6.07) is 16.8. The Morgan fingerprint density at radius 1 is 1.00 bits per heavy atom. The van der Waals surface area contributed by atoms with Crippen LogP contribution in [0.1, 0.15) is 40.5 Å². The van der Waals surface area contributed by atoms with Gasteiger partial charge in [0.1, 0.15) is 10.6 Å². The number of para-hydroxylation sites is 1. The fraction of sp³-hybridized carbons (Fsp3) is 0.115. The Morgan fingerprint density at radius 2 is 1.82 bits per heavy atom. The molecule has 2 heterocycles. The summed E-state index contributed by atoms with van der Waals surface area (Å²) in [5.74, 6) is 4.71. The number of sulfonamides is 1. The molecule has 0 atom stereocenters. The van der Waals surface area contributed by atoms with Crippen LogP contribution in [0.3, 0.4) is 0 Å². The molecule has 170 valence electrons. The number of carbonyl (C=O) groups is 1. The predicted octanol–water partition coefficient (Wildman–Crippen LogP) is 4.48. The second-order valence-corrected chi connectivity index (χ2v) is 9.16. The normalized spacial score (nSPS) is 11.0. The van der Waals surface area contributed by atoms with Crippen LogP contribution in [0.25, 0.3) is 10.9 Å². The van der Waals surface area contributed by atoms with Gasteiger partial charge in [0, 0.05) is 28.9 Å². The van der Waals surface area contributed by atoms with E-state index in [1.807, 2.05) is 12.1 Å². The lowest BCUT2D eigenvalue weighted by Gasteiger charge is -2.13. The summed E-state index contributed by atoms with van der Waals surface area (Å²) in [5.41, 5.74) is 2.70. The summed E-state index contributed by atoms with van der Waals surface area (Å²) in [7, 11) is -3.95. The Morgan fingerprint density at radius 3 is 2.56 bits per heavy atom. The third kappa shape index (κ3) is 4.90. The second kappa shape index (κ2) is 9.73. The van der Waals surface area contributed by atoms with Gasteiger partial charge in [-0.15, -0.1) is 0 Å². The molecule has 34 heavy (non-hydrogen) atoms. The van der Waals surface area contributed by atoms with Gasteiger partial charge in [-0.05, 0) is 48.4 Å². The monoisotopic (exact) mass is 471 g/mol. The van der Waals surface area contributed by atoms with Crippen molar-refractivity contribution in [3.63, 3.8) is 0 Å². The minimum atomic E-state index is -3.95. The van der Waals surface area contributed by atoms with E-state index >= 15 is 0 Å². The first-order valence-corrected chi connectivity index (χ1v) is 12.1. The summed E-state index contributed by atoms with van der Waals surface area (Å²) in [6.45, 7) is 2.07. The smallest absolute Gasteiger partial charge is 0.354 e. The van der Waals surface area contributed by atoms with E-state index < -0.39 is 16.0 Å². The minimum absolute atomic E-state index is 0.0792. The summed E-state index contributed by atoms with van der Waals surface area (Å²) >= 11 is 0. The maximum atomic E-state index is 13.3. The number of nitrogens with zero attached hydrogens (tertiary/aromatic N) is 2. The first kappa shape index (κ1) is 23.0. The van der Waals surface area contributed by atoms with E-state index in [9.17, 15) is 13.2 Å². The number of pyridine rings is 2. The Kier molecular flexibility index (Phi) is 6.57. The number of nitrogens with one attached hydrogen (secondary N) is 1. The van der Waals surface area contributed by atoms with Crippen LogP contribution in [0.5, 0.6) is 0 Å². The molecule has 8 heteroatoms. The van der Waals surface area contributed by atoms with Crippen LogP contribution >= 0.6 is 0 Å². The summed E-state index contributed by atoms with van der Waals surface area (Å²) in [4.78, 5) is 19.2. The molecule has 4 rings (SSSR count). The number of carboxylic acids is 1. The van der Waals surface area contributed by atoms with Crippen molar-refractivity contribution >= 4 is 32.6 Å². The molecular weight excluding hydrogens is 450 g/mol. The number of anilines is 1. The van der Waals surface area contributed by atoms with Crippen LogP contribution in [0.15, 0.2) is 78.0 Å².